The van der Waals surface area contributed by atoms with Gasteiger partial charge in [-0.15, -0.1) is 0 Å². The fourth-order valence-electron chi connectivity index (χ4n) is 3.00. The molecule has 0 fully saturated rings. The summed E-state index contributed by atoms with van der Waals surface area (Å²) < 4.78 is 0. The number of amides is 2. The number of hydrogen-bond acceptors (Lipinski definition) is 6. The molecule has 29 heavy (non-hydrogen) atoms. The smallest absolute Gasteiger partial charge is 0.273 e. The Bertz CT molecular complexity index is 1030. The molecule has 1 heterocycles. The van der Waals surface area contributed by atoms with Crippen LogP contribution in [0.2, 0.25) is 0 Å². The van der Waals surface area contributed by atoms with Gasteiger partial charge in [0.05, 0.1) is 27.3 Å². The molecule has 9 heteroatoms. The molecule has 2 aromatic carbocycles. The van der Waals surface area contributed by atoms with E-state index >= 15 is 0 Å². The predicted molar refractivity (Wildman–Crippen MR) is 109 cm³/mol. The Kier molecular flexibility index (Phi) is 6.26. The third kappa shape index (κ3) is 4.80. The third-order valence-corrected chi connectivity index (χ3v) is 5.29. The Labute approximate surface area is 170 Å². The molecule has 0 saturated carbocycles. The van der Waals surface area contributed by atoms with Gasteiger partial charge in [-0.25, -0.2) is 0 Å². The van der Waals surface area contributed by atoms with Crippen molar-refractivity contribution in [2.75, 3.05) is 11.1 Å². The molecule has 0 saturated heterocycles. The molecular weight excluding hydrogens is 392 g/mol. The Balaban J connectivity index is 1.83. The van der Waals surface area contributed by atoms with Crippen molar-refractivity contribution in [2.24, 2.45) is 0 Å². The molecule has 146 valence electrons. The highest BCUT2D eigenvalue weighted by molar-refractivity contribution is 8.03. The molecule has 8 nitrogen and oxygen atoms in total. The maximum atomic E-state index is 12.2. The van der Waals surface area contributed by atoms with E-state index in [-0.39, 0.29) is 40.3 Å². The van der Waals surface area contributed by atoms with Crippen molar-refractivity contribution in [1.82, 2.24) is 5.32 Å². The van der Waals surface area contributed by atoms with Crippen LogP contribution in [0.1, 0.15) is 17.9 Å². The molecule has 1 atom stereocenters. The molecule has 2 aromatic rings. The van der Waals surface area contributed by atoms with Crippen molar-refractivity contribution in [1.29, 1.82) is 5.26 Å². The number of anilines is 1. The number of carbonyl (C=O) groups excluding carboxylic acids is 2. The largest absolute Gasteiger partial charge is 0.325 e. The average molecular weight is 408 g/mol. The summed E-state index contributed by atoms with van der Waals surface area (Å²) in [6, 6.07) is 17.0. The first kappa shape index (κ1) is 20.1. The molecule has 0 radical (unpaired) electrons. The van der Waals surface area contributed by atoms with Crippen LogP contribution in [-0.4, -0.2) is 22.5 Å². The van der Waals surface area contributed by atoms with Crippen LogP contribution in [0.4, 0.5) is 11.4 Å². The molecule has 0 bridgehead atoms. The summed E-state index contributed by atoms with van der Waals surface area (Å²) in [5, 5.41) is 26.6. The quantitative estimate of drug-likeness (QED) is 0.558. The van der Waals surface area contributed by atoms with Gasteiger partial charge in [-0.3, -0.25) is 19.7 Å². The number of hydrogen-bond donors (Lipinski definition) is 2. The second kappa shape index (κ2) is 9.03. The zero-order chi connectivity index (χ0) is 20.8. The number of para-hydroxylation sites is 2. The fourth-order valence-corrected chi connectivity index (χ4v) is 3.88. The van der Waals surface area contributed by atoms with Gasteiger partial charge in [-0.2, -0.15) is 5.26 Å². The zero-order valence-corrected chi connectivity index (χ0v) is 15.9. The Hall–Kier alpha value is -3.64. The number of benzene rings is 2. The SMILES string of the molecule is N#CC1=C(SCC(=O)Nc2ccccc2)NC(=O)C[C@@H]1c1ccccc1[N+](=O)[O-]. The van der Waals surface area contributed by atoms with E-state index in [2.05, 4.69) is 16.7 Å². The second-order valence-corrected chi connectivity index (χ2v) is 7.16. The normalized spacial score (nSPS) is 16.0. The van der Waals surface area contributed by atoms with Crippen molar-refractivity contribution < 1.29 is 14.5 Å². The van der Waals surface area contributed by atoms with Gasteiger partial charge in [-0.05, 0) is 12.1 Å². The monoisotopic (exact) mass is 408 g/mol. The van der Waals surface area contributed by atoms with Gasteiger partial charge in [0.2, 0.25) is 11.8 Å². The van der Waals surface area contributed by atoms with Gasteiger partial charge in [0.25, 0.3) is 5.69 Å². The molecule has 3 rings (SSSR count). The summed E-state index contributed by atoms with van der Waals surface area (Å²) in [5.74, 6) is -1.43. The van der Waals surface area contributed by atoms with Crippen molar-refractivity contribution in [3.63, 3.8) is 0 Å². The van der Waals surface area contributed by atoms with Crippen molar-refractivity contribution in [2.45, 2.75) is 12.3 Å². The van der Waals surface area contributed by atoms with Crippen LogP contribution in [0.25, 0.3) is 0 Å². The van der Waals surface area contributed by atoms with Gasteiger partial charge in [0.1, 0.15) is 0 Å². The van der Waals surface area contributed by atoms with Crippen LogP contribution >= 0.6 is 11.8 Å². The highest BCUT2D eigenvalue weighted by atomic mass is 32.2. The van der Waals surface area contributed by atoms with Crippen molar-refractivity contribution in [3.8, 4) is 6.07 Å². The Morgan fingerprint density at radius 1 is 1.24 bits per heavy atom. The standard InChI is InChI=1S/C20H16N4O4S/c21-11-16-15(14-8-4-5-9-17(14)24(27)28)10-18(25)23-20(16)29-12-19(26)22-13-6-2-1-3-7-13/h1-9,15H,10,12H2,(H,22,26)(H,23,25)/t15-/m1/s1. The highest BCUT2D eigenvalue weighted by Gasteiger charge is 2.33. The minimum atomic E-state index is -0.741. The van der Waals surface area contributed by atoms with Crippen LogP contribution in [0, 0.1) is 21.4 Å². The molecular formula is C20H16N4O4S. The minimum absolute atomic E-state index is 0.0285. The third-order valence-electron chi connectivity index (χ3n) is 4.27. The highest BCUT2D eigenvalue weighted by Crippen LogP contribution is 2.39. The van der Waals surface area contributed by atoms with Gasteiger partial charge < -0.3 is 10.6 Å². The summed E-state index contributed by atoms with van der Waals surface area (Å²) in [5.41, 5.74) is 0.997. The summed E-state index contributed by atoms with van der Waals surface area (Å²) in [4.78, 5) is 35.2. The zero-order valence-electron chi connectivity index (χ0n) is 15.1. The van der Waals surface area contributed by atoms with E-state index in [4.69, 9.17) is 0 Å². The number of nitro groups is 1. The lowest BCUT2D eigenvalue weighted by Crippen LogP contribution is -2.31. The first-order chi connectivity index (χ1) is 14.0. The molecule has 0 spiro atoms. The van der Waals surface area contributed by atoms with Crippen LogP contribution < -0.4 is 10.6 Å². The van der Waals surface area contributed by atoms with E-state index in [0.717, 1.165) is 11.8 Å². The maximum Gasteiger partial charge on any atom is 0.273 e. The lowest BCUT2D eigenvalue weighted by atomic mass is 9.86. The molecule has 0 aliphatic carbocycles. The van der Waals surface area contributed by atoms with Gasteiger partial charge >= 0.3 is 0 Å². The fraction of sp³-hybridized carbons (Fsp3) is 0.150. The van der Waals surface area contributed by atoms with E-state index in [0.29, 0.717) is 11.3 Å². The van der Waals surface area contributed by atoms with Crippen LogP contribution in [0.3, 0.4) is 0 Å². The minimum Gasteiger partial charge on any atom is -0.325 e. The van der Waals surface area contributed by atoms with Gasteiger partial charge in [-0.1, -0.05) is 48.2 Å². The number of carbonyl (C=O) groups is 2. The van der Waals surface area contributed by atoms with Crippen LogP contribution in [-0.2, 0) is 9.59 Å². The molecule has 2 amide bonds. The van der Waals surface area contributed by atoms with Gasteiger partial charge in [0.15, 0.2) is 0 Å². The predicted octanol–water partition coefficient (Wildman–Crippen LogP) is 3.31. The number of nitrogens with one attached hydrogen (secondary N) is 2. The number of rotatable bonds is 6. The van der Waals surface area contributed by atoms with E-state index in [1.54, 1.807) is 36.4 Å². The number of allylic oxidation sites excluding steroid dienone is 1. The molecule has 0 unspecified atom stereocenters. The van der Waals surface area contributed by atoms with E-state index in [9.17, 15) is 25.0 Å². The first-order valence-electron chi connectivity index (χ1n) is 8.64. The second-order valence-electron chi connectivity index (χ2n) is 6.18. The first-order valence-corrected chi connectivity index (χ1v) is 9.63. The summed E-state index contributed by atoms with van der Waals surface area (Å²) in [7, 11) is 0. The lowest BCUT2D eigenvalue weighted by molar-refractivity contribution is -0.385. The Morgan fingerprint density at radius 3 is 2.62 bits per heavy atom. The molecule has 2 N–H and O–H groups in total. The summed E-state index contributed by atoms with van der Waals surface area (Å²) in [6.07, 6.45) is -0.0754. The number of nitrogens with zero attached hydrogens (tertiary/aromatic N) is 2. The van der Waals surface area contributed by atoms with E-state index in [1.165, 1.54) is 12.1 Å². The average Bonchev–Trinajstić information content (AvgIpc) is 2.72. The molecule has 1 aliphatic rings. The number of nitro benzene ring substituents is 1. The van der Waals surface area contributed by atoms with Crippen LogP contribution in [0.5, 0.6) is 0 Å². The summed E-state index contributed by atoms with van der Waals surface area (Å²) in [6.45, 7) is 0. The summed E-state index contributed by atoms with van der Waals surface area (Å²) >= 11 is 1.02. The van der Waals surface area contributed by atoms with Crippen molar-refractivity contribution in [3.05, 3.63) is 80.9 Å². The number of nitriles is 1. The molecule has 0 aromatic heterocycles. The van der Waals surface area contributed by atoms with E-state index in [1.807, 2.05) is 6.07 Å². The Morgan fingerprint density at radius 2 is 1.93 bits per heavy atom. The number of thioether (sulfide) groups is 1. The van der Waals surface area contributed by atoms with Crippen molar-refractivity contribution >= 4 is 35.0 Å². The van der Waals surface area contributed by atoms with Gasteiger partial charge in [0, 0.05) is 29.7 Å². The topological polar surface area (TPSA) is 125 Å². The lowest BCUT2D eigenvalue weighted by Gasteiger charge is -2.24. The maximum absolute atomic E-state index is 12.2. The van der Waals surface area contributed by atoms with E-state index < -0.39 is 10.8 Å². The van der Waals surface area contributed by atoms with Crippen LogP contribution in [0.15, 0.2) is 65.2 Å². The molecule has 1 aliphatic heterocycles.